The summed E-state index contributed by atoms with van der Waals surface area (Å²) in [5.41, 5.74) is 6.51. The van der Waals surface area contributed by atoms with Crippen molar-refractivity contribution < 1.29 is 0 Å². The second-order valence-electron chi connectivity index (χ2n) is 9.63. The maximum Gasteiger partial charge on any atom is -0.0146 e. The lowest BCUT2D eigenvalue weighted by atomic mass is 9.68. The van der Waals surface area contributed by atoms with Crippen LogP contribution in [0.3, 0.4) is 0 Å². The molecule has 0 spiro atoms. The van der Waals surface area contributed by atoms with Crippen LogP contribution in [-0.2, 0) is 12.8 Å². The maximum absolute atomic E-state index is 2.50. The zero-order chi connectivity index (χ0) is 20.1. The summed E-state index contributed by atoms with van der Waals surface area (Å²) in [6.07, 6.45) is 7.87. The third kappa shape index (κ3) is 2.88. The van der Waals surface area contributed by atoms with E-state index in [4.69, 9.17) is 0 Å². The zero-order valence-corrected chi connectivity index (χ0v) is 17.9. The van der Waals surface area contributed by atoms with Gasteiger partial charge in [0, 0.05) is 0 Å². The van der Waals surface area contributed by atoms with Gasteiger partial charge in [0.15, 0.2) is 0 Å². The average Bonchev–Trinajstić information content (AvgIpc) is 2.80. The fraction of sp³-hybridized carbons (Fsp3) is 0.333. The van der Waals surface area contributed by atoms with E-state index in [2.05, 4.69) is 79.7 Å². The van der Waals surface area contributed by atoms with E-state index < -0.39 is 0 Å². The van der Waals surface area contributed by atoms with Crippen molar-refractivity contribution >= 4 is 21.5 Å². The van der Waals surface area contributed by atoms with Gasteiger partial charge in [0.05, 0.1) is 0 Å². The van der Waals surface area contributed by atoms with Crippen molar-refractivity contribution in [2.75, 3.05) is 0 Å². The minimum atomic E-state index is 0.639. The average molecular weight is 391 g/mol. The standard InChI is InChI=1S/C30H30/c1-20-25(18-17-24-16-14-21-7-2-4-11-27(21)29(20)24)19-26-10-6-9-23-15-13-22-8-3-5-12-28(22)30(23)26/h2-5,7-8,11-16,20,25-26H,6,9-10,17-19H2,1H3/t20-,25-,26-/m0/s1. The smallest absolute Gasteiger partial charge is 0.0146 e. The quantitative estimate of drug-likeness (QED) is 0.324. The van der Waals surface area contributed by atoms with Gasteiger partial charge in [-0.1, -0.05) is 79.7 Å². The molecule has 0 radical (unpaired) electrons. The number of fused-ring (bicyclic) bond motifs is 6. The molecule has 2 aliphatic carbocycles. The minimum absolute atomic E-state index is 0.639. The Morgan fingerprint density at radius 2 is 1.30 bits per heavy atom. The predicted octanol–water partition coefficient (Wildman–Crippen LogP) is 8.17. The van der Waals surface area contributed by atoms with Gasteiger partial charge >= 0.3 is 0 Å². The molecule has 0 N–H and O–H groups in total. The first kappa shape index (κ1) is 18.2. The molecule has 150 valence electrons. The third-order valence-corrected chi connectivity index (χ3v) is 8.06. The van der Waals surface area contributed by atoms with Crippen molar-refractivity contribution in [2.45, 2.75) is 57.3 Å². The summed E-state index contributed by atoms with van der Waals surface area (Å²) in [6.45, 7) is 2.50. The lowest BCUT2D eigenvalue weighted by molar-refractivity contribution is 0.326. The van der Waals surface area contributed by atoms with E-state index in [0.29, 0.717) is 11.8 Å². The molecule has 0 aromatic heterocycles. The maximum atomic E-state index is 2.50. The highest BCUT2D eigenvalue weighted by molar-refractivity contribution is 5.88. The second-order valence-corrected chi connectivity index (χ2v) is 9.63. The van der Waals surface area contributed by atoms with Gasteiger partial charge in [-0.05, 0) is 100 Å². The van der Waals surface area contributed by atoms with E-state index >= 15 is 0 Å². The number of hydrogen-bond donors (Lipinski definition) is 0. The molecule has 2 aliphatic rings. The van der Waals surface area contributed by atoms with Crippen molar-refractivity contribution in [2.24, 2.45) is 5.92 Å². The van der Waals surface area contributed by atoms with Gasteiger partial charge in [-0.25, -0.2) is 0 Å². The zero-order valence-electron chi connectivity index (χ0n) is 17.9. The van der Waals surface area contributed by atoms with Crippen LogP contribution < -0.4 is 0 Å². The molecule has 0 saturated heterocycles. The molecule has 0 amide bonds. The Labute approximate surface area is 179 Å². The first-order chi connectivity index (χ1) is 14.8. The van der Waals surface area contributed by atoms with Gasteiger partial charge in [-0.15, -0.1) is 0 Å². The molecule has 0 heteroatoms. The molecule has 0 heterocycles. The van der Waals surface area contributed by atoms with Crippen molar-refractivity contribution in [3.8, 4) is 0 Å². The van der Waals surface area contributed by atoms with Crippen LogP contribution in [-0.4, -0.2) is 0 Å². The second kappa shape index (κ2) is 7.27. The van der Waals surface area contributed by atoms with E-state index in [1.807, 2.05) is 0 Å². The molecule has 0 saturated carbocycles. The molecule has 0 unspecified atom stereocenters. The Hall–Kier alpha value is -2.60. The Morgan fingerprint density at radius 1 is 0.667 bits per heavy atom. The Morgan fingerprint density at radius 3 is 2.03 bits per heavy atom. The third-order valence-electron chi connectivity index (χ3n) is 8.06. The van der Waals surface area contributed by atoms with E-state index in [1.165, 1.54) is 60.1 Å². The van der Waals surface area contributed by atoms with Gasteiger partial charge in [-0.3, -0.25) is 0 Å². The summed E-state index contributed by atoms with van der Waals surface area (Å²) in [6, 6.07) is 27.5. The van der Waals surface area contributed by atoms with Gasteiger partial charge in [0.25, 0.3) is 0 Å². The molecule has 4 aromatic carbocycles. The molecule has 0 bridgehead atoms. The van der Waals surface area contributed by atoms with Crippen LogP contribution in [0.4, 0.5) is 0 Å². The summed E-state index contributed by atoms with van der Waals surface area (Å²) < 4.78 is 0. The molecule has 0 fully saturated rings. The Kier molecular flexibility index (Phi) is 4.41. The number of rotatable bonds is 2. The van der Waals surface area contributed by atoms with Crippen molar-refractivity contribution in [1.29, 1.82) is 0 Å². The van der Waals surface area contributed by atoms with Crippen LogP contribution in [0.2, 0.25) is 0 Å². The highest BCUT2D eigenvalue weighted by Gasteiger charge is 2.32. The lowest BCUT2D eigenvalue weighted by Gasteiger charge is -2.36. The number of benzene rings is 4. The monoisotopic (exact) mass is 390 g/mol. The van der Waals surface area contributed by atoms with E-state index in [-0.39, 0.29) is 0 Å². The molecule has 30 heavy (non-hydrogen) atoms. The van der Waals surface area contributed by atoms with E-state index in [1.54, 1.807) is 22.3 Å². The van der Waals surface area contributed by atoms with E-state index in [9.17, 15) is 0 Å². The summed E-state index contributed by atoms with van der Waals surface area (Å²) in [5.74, 6) is 2.13. The highest BCUT2D eigenvalue weighted by Crippen LogP contribution is 2.47. The molecule has 0 aliphatic heterocycles. The van der Waals surface area contributed by atoms with Gasteiger partial charge in [-0.2, -0.15) is 0 Å². The summed E-state index contributed by atoms with van der Waals surface area (Å²) in [4.78, 5) is 0. The van der Waals surface area contributed by atoms with Gasteiger partial charge in [0.1, 0.15) is 0 Å². The highest BCUT2D eigenvalue weighted by atomic mass is 14.4. The first-order valence-corrected chi connectivity index (χ1v) is 11.8. The van der Waals surface area contributed by atoms with Crippen LogP contribution in [0.25, 0.3) is 21.5 Å². The van der Waals surface area contributed by atoms with E-state index in [0.717, 1.165) is 5.92 Å². The number of hydrogen-bond acceptors (Lipinski definition) is 0. The van der Waals surface area contributed by atoms with Crippen molar-refractivity contribution in [3.63, 3.8) is 0 Å². The SMILES string of the molecule is C[C@@H]1c2c(ccc3ccccc23)CC[C@H]1C[C@@H]1CCCc2ccc3ccccc3c21. The van der Waals surface area contributed by atoms with Crippen LogP contribution in [0.15, 0.2) is 72.8 Å². The minimum Gasteiger partial charge on any atom is -0.0616 e. The van der Waals surface area contributed by atoms with Crippen LogP contribution in [0, 0.1) is 5.92 Å². The Bertz CT molecular complexity index is 1230. The summed E-state index contributed by atoms with van der Waals surface area (Å²) in [7, 11) is 0. The van der Waals surface area contributed by atoms with Crippen molar-refractivity contribution in [1.82, 2.24) is 0 Å². The van der Waals surface area contributed by atoms with Gasteiger partial charge in [0.2, 0.25) is 0 Å². The topological polar surface area (TPSA) is 0 Å². The largest absolute Gasteiger partial charge is 0.0616 e. The predicted molar refractivity (Wildman–Crippen MR) is 128 cm³/mol. The molecule has 0 nitrogen and oxygen atoms in total. The summed E-state index contributed by atoms with van der Waals surface area (Å²) in [5, 5.41) is 5.81. The summed E-state index contributed by atoms with van der Waals surface area (Å²) >= 11 is 0. The molecule has 6 rings (SSSR count). The number of aryl methyl sites for hydroxylation is 2. The van der Waals surface area contributed by atoms with Gasteiger partial charge < -0.3 is 0 Å². The molecular weight excluding hydrogens is 360 g/mol. The van der Waals surface area contributed by atoms with Crippen molar-refractivity contribution in [3.05, 3.63) is 95.1 Å². The van der Waals surface area contributed by atoms with Crippen LogP contribution in [0.5, 0.6) is 0 Å². The molecule has 3 atom stereocenters. The molecule has 4 aromatic rings. The fourth-order valence-corrected chi connectivity index (χ4v) is 6.57. The Balaban J connectivity index is 1.38. The van der Waals surface area contributed by atoms with Crippen LogP contribution >= 0.6 is 0 Å². The lowest BCUT2D eigenvalue weighted by Crippen LogP contribution is -2.23. The molecular formula is C30H30. The normalized spacial score (nSPS) is 23.3. The van der Waals surface area contributed by atoms with Crippen LogP contribution in [0.1, 0.15) is 66.7 Å². The first-order valence-electron chi connectivity index (χ1n) is 11.8. The fourth-order valence-electron chi connectivity index (χ4n) is 6.57.